The Bertz CT molecular complexity index is 425. The molecule has 0 aromatic heterocycles. The second kappa shape index (κ2) is 6.59. The van der Waals surface area contributed by atoms with Gasteiger partial charge in [-0.2, -0.15) is 13.2 Å². The van der Waals surface area contributed by atoms with E-state index in [2.05, 4.69) is 17.1 Å². The molecule has 1 saturated heterocycles. The first-order valence-electron chi connectivity index (χ1n) is 7.11. The summed E-state index contributed by atoms with van der Waals surface area (Å²) in [6, 6.07) is 6.14. The van der Waals surface area contributed by atoms with Gasteiger partial charge in [0.25, 0.3) is 0 Å². The number of hydrogen-bond donors (Lipinski definition) is 1. The van der Waals surface area contributed by atoms with Crippen molar-refractivity contribution in [1.82, 2.24) is 10.2 Å². The van der Waals surface area contributed by atoms with Gasteiger partial charge in [-0.05, 0) is 44.1 Å². The first-order chi connectivity index (χ1) is 9.50. The first-order valence-corrected chi connectivity index (χ1v) is 7.11. The second-order valence-electron chi connectivity index (χ2n) is 5.24. The summed E-state index contributed by atoms with van der Waals surface area (Å²) in [5.41, 5.74) is 0.177. The van der Waals surface area contributed by atoms with Gasteiger partial charge in [-0.25, -0.2) is 0 Å². The number of halogens is 3. The molecule has 0 spiro atoms. The molecule has 0 saturated carbocycles. The van der Waals surface area contributed by atoms with Crippen LogP contribution in [0, 0.1) is 0 Å². The number of piperidine rings is 1. The molecule has 112 valence electrons. The van der Waals surface area contributed by atoms with E-state index in [4.69, 9.17) is 0 Å². The Kier molecular flexibility index (Phi) is 5.05. The zero-order valence-corrected chi connectivity index (χ0v) is 11.7. The number of alkyl halides is 3. The van der Waals surface area contributed by atoms with Gasteiger partial charge in [0.15, 0.2) is 0 Å². The summed E-state index contributed by atoms with van der Waals surface area (Å²) in [5, 5.41) is 3.31. The van der Waals surface area contributed by atoms with Crippen molar-refractivity contribution >= 4 is 0 Å². The van der Waals surface area contributed by atoms with Crippen molar-refractivity contribution in [2.24, 2.45) is 0 Å². The van der Waals surface area contributed by atoms with E-state index in [-0.39, 0.29) is 0 Å². The molecule has 0 bridgehead atoms. The van der Waals surface area contributed by atoms with Crippen LogP contribution in [0.15, 0.2) is 24.3 Å². The third-order valence-corrected chi connectivity index (χ3v) is 3.87. The summed E-state index contributed by atoms with van der Waals surface area (Å²) in [5.74, 6) is 0. The van der Waals surface area contributed by atoms with Crippen LogP contribution < -0.4 is 5.32 Å². The molecule has 1 aliphatic heterocycles. The smallest absolute Gasteiger partial charge is 0.317 e. The second-order valence-corrected chi connectivity index (χ2v) is 5.24. The molecule has 0 atom stereocenters. The van der Waals surface area contributed by atoms with Crippen molar-refractivity contribution in [2.45, 2.75) is 38.5 Å². The van der Waals surface area contributed by atoms with Crippen LogP contribution in [0.25, 0.3) is 0 Å². The van der Waals surface area contributed by atoms with E-state index < -0.39 is 11.7 Å². The van der Waals surface area contributed by atoms with Gasteiger partial charge in [0.05, 0.1) is 5.56 Å². The van der Waals surface area contributed by atoms with Crippen LogP contribution in [-0.4, -0.2) is 30.6 Å². The Balaban J connectivity index is 2.07. The van der Waals surface area contributed by atoms with Crippen molar-refractivity contribution in [3.8, 4) is 0 Å². The average molecular weight is 286 g/mol. The third kappa shape index (κ3) is 3.96. The van der Waals surface area contributed by atoms with Gasteiger partial charge in [-0.15, -0.1) is 0 Å². The highest BCUT2D eigenvalue weighted by molar-refractivity contribution is 5.25. The van der Waals surface area contributed by atoms with Crippen LogP contribution in [0.2, 0.25) is 0 Å². The summed E-state index contributed by atoms with van der Waals surface area (Å²) < 4.78 is 38.2. The molecular weight excluding hydrogens is 265 g/mol. The highest BCUT2D eigenvalue weighted by Crippen LogP contribution is 2.30. The Morgan fingerprint density at radius 1 is 1.25 bits per heavy atom. The molecule has 1 fully saturated rings. The van der Waals surface area contributed by atoms with Gasteiger partial charge < -0.3 is 5.32 Å². The van der Waals surface area contributed by atoms with Gasteiger partial charge in [0.2, 0.25) is 0 Å². The predicted molar refractivity (Wildman–Crippen MR) is 73.4 cm³/mol. The molecular formula is C15H21F3N2. The molecule has 1 heterocycles. The number of rotatable bonds is 4. The van der Waals surface area contributed by atoms with Crippen molar-refractivity contribution < 1.29 is 13.2 Å². The number of nitrogens with one attached hydrogen (secondary N) is 1. The van der Waals surface area contributed by atoms with Crippen molar-refractivity contribution in [2.75, 3.05) is 19.6 Å². The summed E-state index contributed by atoms with van der Waals surface area (Å²) in [6.45, 7) is 5.50. The van der Waals surface area contributed by atoms with Crippen LogP contribution in [0.4, 0.5) is 13.2 Å². The topological polar surface area (TPSA) is 15.3 Å². The van der Waals surface area contributed by atoms with Gasteiger partial charge in [-0.1, -0.05) is 25.1 Å². The van der Waals surface area contributed by atoms with Crippen LogP contribution in [-0.2, 0) is 12.7 Å². The fraction of sp³-hybridized carbons (Fsp3) is 0.600. The van der Waals surface area contributed by atoms with E-state index in [1.165, 1.54) is 12.1 Å². The maximum atomic E-state index is 12.7. The lowest BCUT2D eigenvalue weighted by molar-refractivity contribution is -0.137. The molecule has 0 amide bonds. The van der Waals surface area contributed by atoms with E-state index in [9.17, 15) is 13.2 Å². The zero-order chi connectivity index (χ0) is 14.6. The number of hydrogen-bond acceptors (Lipinski definition) is 2. The average Bonchev–Trinajstić information content (AvgIpc) is 2.45. The van der Waals surface area contributed by atoms with Gasteiger partial charge in [0, 0.05) is 12.6 Å². The van der Waals surface area contributed by atoms with Crippen LogP contribution in [0.5, 0.6) is 0 Å². The minimum atomic E-state index is -4.26. The maximum absolute atomic E-state index is 12.7. The molecule has 0 radical (unpaired) electrons. The Hall–Kier alpha value is -1.07. The quantitative estimate of drug-likeness (QED) is 0.914. The van der Waals surface area contributed by atoms with Crippen molar-refractivity contribution in [3.63, 3.8) is 0 Å². The Morgan fingerprint density at radius 3 is 2.55 bits per heavy atom. The third-order valence-electron chi connectivity index (χ3n) is 3.87. The largest absolute Gasteiger partial charge is 0.416 e. The minimum Gasteiger partial charge on any atom is -0.317 e. The zero-order valence-electron chi connectivity index (χ0n) is 11.7. The van der Waals surface area contributed by atoms with E-state index in [0.29, 0.717) is 12.6 Å². The minimum absolute atomic E-state index is 0.468. The lowest BCUT2D eigenvalue weighted by atomic mass is 10.0. The molecule has 0 unspecified atom stereocenters. The molecule has 20 heavy (non-hydrogen) atoms. The van der Waals surface area contributed by atoms with Gasteiger partial charge >= 0.3 is 6.18 Å². The highest BCUT2D eigenvalue weighted by atomic mass is 19.4. The first kappa shape index (κ1) is 15.3. The van der Waals surface area contributed by atoms with Gasteiger partial charge in [0.1, 0.15) is 0 Å². The summed E-state index contributed by atoms with van der Waals surface area (Å²) in [7, 11) is 0. The van der Waals surface area contributed by atoms with Crippen LogP contribution in [0.3, 0.4) is 0 Å². The van der Waals surface area contributed by atoms with Crippen molar-refractivity contribution in [3.05, 3.63) is 35.4 Å². The molecule has 1 aromatic rings. The molecule has 2 rings (SSSR count). The van der Waals surface area contributed by atoms with E-state index in [1.54, 1.807) is 6.07 Å². The van der Waals surface area contributed by atoms with E-state index in [0.717, 1.165) is 44.1 Å². The Morgan fingerprint density at radius 2 is 1.95 bits per heavy atom. The Labute approximate surface area is 118 Å². The van der Waals surface area contributed by atoms with Gasteiger partial charge in [-0.3, -0.25) is 4.90 Å². The summed E-state index contributed by atoms with van der Waals surface area (Å²) in [6.07, 6.45) is -2.14. The molecule has 0 aliphatic carbocycles. The molecule has 1 aliphatic rings. The standard InChI is InChI=1S/C15H21F3N2/c1-2-20(14-6-8-19-9-7-14)11-12-4-3-5-13(10-12)15(16,17)18/h3-5,10,14,19H,2,6-9,11H2,1H3. The monoisotopic (exact) mass is 286 g/mol. The fourth-order valence-corrected chi connectivity index (χ4v) is 2.75. The van der Waals surface area contributed by atoms with E-state index >= 15 is 0 Å². The predicted octanol–water partition coefficient (Wildman–Crippen LogP) is 3.28. The lowest BCUT2D eigenvalue weighted by Gasteiger charge is -2.34. The molecule has 5 heteroatoms. The molecule has 1 N–H and O–H groups in total. The maximum Gasteiger partial charge on any atom is 0.416 e. The van der Waals surface area contributed by atoms with E-state index in [1.807, 2.05) is 0 Å². The summed E-state index contributed by atoms with van der Waals surface area (Å²) >= 11 is 0. The molecule has 2 nitrogen and oxygen atoms in total. The van der Waals surface area contributed by atoms with Crippen LogP contribution >= 0.6 is 0 Å². The lowest BCUT2D eigenvalue weighted by Crippen LogP contribution is -2.42. The normalized spacial score (nSPS) is 17.6. The van der Waals surface area contributed by atoms with Crippen LogP contribution in [0.1, 0.15) is 30.9 Å². The highest BCUT2D eigenvalue weighted by Gasteiger charge is 2.30. The molecule has 1 aromatic carbocycles. The summed E-state index contributed by atoms with van der Waals surface area (Å²) in [4.78, 5) is 2.27. The fourth-order valence-electron chi connectivity index (χ4n) is 2.75. The SMILES string of the molecule is CCN(Cc1cccc(C(F)(F)F)c1)C1CCNCC1. The van der Waals surface area contributed by atoms with Crippen molar-refractivity contribution in [1.29, 1.82) is 0 Å². The number of benzene rings is 1. The number of nitrogens with zero attached hydrogens (tertiary/aromatic N) is 1.